The Morgan fingerprint density at radius 2 is 1.76 bits per heavy atom. The van der Waals surface area contributed by atoms with Crippen LogP contribution in [0.3, 0.4) is 0 Å². The van der Waals surface area contributed by atoms with E-state index in [2.05, 4.69) is 10.2 Å². The first-order valence-electron chi connectivity index (χ1n) is 9.76. The fourth-order valence-corrected chi connectivity index (χ4v) is 3.73. The molecule has 0 atom stereocenters. The standard InChI is InChI=1S/C22H26Cl2N2O3/c1-28-18-3-5-19(6-4-18)29-13-10-25-22(27)17-8-11-26(12-9-17)15-16-2-7-20(23)21(24)14-16/h2-7,14,17H,8-13,15H2,1H3,(H,25,27). The van der Waals surface area contributed by atoms with Gasteiger partial charge in [0.05, 0.1) is 23.7 Å². The molecule has 0 unspecified atom stereocenters. The Hall–Kier alpha value is -1.95. The van der Waals surface area contributed by atoms with Crippen LogP contribution in [0.5, 0.6) is 11.5 Å². The Bertz CT molecular complexity index is 806. The first-order valence-corrected chi connectivity index (χ1v) is 10.5. The normalized spacial score (nSPS) is 15.1. The maximum absolute atomic E-state index is 12.4. The van der Waals surface area contributed by atoms with Crippen molar-refractivity contribution in [3.05, 3.63) is 58.1 Å². The van der Waals surface area contributed by atoms with E-state index in [0.717, 1.165) is 49.5 Å². The second-order valence-electron chi connectivity index (χ2n) is 7.11. The van der Waals surface area contributed by atoms with Crippen molar-refractivity contribution in [3.63, 3.8) is 0 Å². The number of benzene rings is 2. The first-order chi connectivity index (χ1) is 14.0. The molecule has 0 radical (unpaired) electrons. The fourth-order valence-electron chi connectivity index (χ4n) is 3.41. The van der Waals surface area contributed by atoms with E-state index in [0.29, 0.717) is 23.2 Å². The van der Waals surface area contributed by atoms with Crippen LogP contribution in [0.4, 0.5) is 0 Å². The first kappa shape index (κ1) is 21.8. The molecule has 5 nitrogen and oxygen atoms in total. The third-order valence-corrected chi connectivity index (χ3v) is 5.82. The Morgan fingerprint density at radius 3 is 2.41 bits per heavy atom. The summed E-state index contributed by atoms with van der Waals surface area (Å²) in [6.07, 6.45) is 1.71. The van der Waals surface area contributed by atoms with Gasteiger partial charge in [0.2, 0.25) is 5.91 Å². The van der Waals surface area contributed by atoms with Gasteiger partial charge in [0, 0.05) is 12.5 Å². The number of ether oxygens (including phenoxy) is 2. The number of rotatable bonds is 8. The van der Waals surface area contributed by atoms with Crippen LogP contribution >= 0.6 is 23.2 Å². The molecule has 1 fully saturated rings. The highest BCUT2D eigenvalue weighted by Crippen LogP contribution is 2.25. The SMILES string of the molecule is COc1ccc(OCCNC(=O)C2CCN(Cc3ccc(Cl)c(Cl)c3)CC2)cc1. The number of carbonyl (C=O) groups excluding carboxylic acids is 1. The molecule has 1 N–H and O–H groups in total. The van der Waals surface area contributed by atoms with E-state index in [4.69, 9.17) is 32.7 Å². The maximum atomic E-state index is 12.4. The Morgan fingerprint density at radius 1 is 1.07 bits per heavy atom. The summed E-state index contributed by atoms with van der Waals surface area (Å²) in [6, 6.07) is 13.1. The molecule has 156 valence electrons. The van der Waals surface area contributed by atoms with Crippen molar-refractivity contribution >= 4 is 29.1 Å². The zero-order valence-corrected chi connectivity index (χ0v) is 18.0. The van der Waals surface area contributed by atoms with Gasteiger partial charge < -0.3 is 14.8 Å². The molecule has 0 aromatic heterocycles. The van der Waals surface area contributed by atoms with Crippen molar-refractivity contribution in [2.45, 2.75) is 19.4 Å². The van der Waals surface area contributed by atoms with E-state index >= 15 is 0 Å². The highest BCUT2D eigenvalue weighted by atomic mass is 35.5. The average Bonchev–Trinajstić information content (AvgIpc) is 2.74. The van der Waals surface area contributed by atoms with Gasteiger partial charge in [-0.2, -0.15) is 0 Å². The minimum Gasteiger partial charge on any atom is -0.497 e. The number of piperidine rings is 1. The van der Waals surface area contributed by atoms with Crippen LogP contribution in [0.2, 0.25) is 10.0 Å². The Labute approximate surface area is 181 Å². The number of hydrogen-bond acceptors (Lipinski definition) is 4. The molecule has 0 bridgehead atoms. The monoisotopic (exact) mass is 436 g/mol. The second-order valence-corrected chi connectivity index (χ2v) is 7.93. The molecule has 2 aromatic rings. The lowest BCUT2D eigenvalue weighted by Gasteiger charge is -2.31. The number of methoxy groups -OCH3 is 1. The van der Waals surface area contributed by atoms with Gasteiger partial charge in [-0.3, -0.25) is 9.69 Å². The molecule has 29 heavy (non-hydrogen) atoms. The van der Waals surface area contributed by atoms with Crippen molar-refractivity contribution in [2.75, 3.05) is 33.4 Å². The van der Waals surface area contributed by atoms with E-state index in [1.54, 1.807) is 7.11 Å². The number of amides is 1. The number of halogens is 2. The van der Waals surface area contributed by atoms with Crippen LogP contribution in [-0.4, -0.2) is 44.2 Å². The lowest BCUT2D eigenvalue weighted by Crippen LogP contribution is -2.41. The van der Waals surface area contributed by atoms with E-state index < -0.39 is 0 Å². The van der Waals surface area contributed by atoms with Crippen LogP contribution in [0, 0.1) is 5.92 Å². The summed E-state index contributed by atoms with van der Waals surface area (Å²) in [7, 11) is 1.63. The lowest BCUT2D eigenvalue weighted by molar-refractivity contribution is -0.126. The summed E-state index contributed by atoms with van der Waals surface area (Å²) >= 11 is 12.1. The Kier molecular flexibility index (Phi) is 8.04. The summed E-state index contributed by atoms with van der Waals surface area (Å²) in [4.78, 5) is 14.7. The topological polar surface area (TPSA) is 50.8 Å². The number of carbonyl (C=O) groups is 1. The molecule has 2 aromatic carbocycles. The highest BCUT2D eigenvalue weighted by Gasteiger charge is 2.24. The number of nitrogens with zero attached hydrogens (tertiary/aromatic N) is 1. The highest BCUT2D eigenvalue weighted by molar-refractivity contribution is 6.42. The summed E-state index contributed by atoms with van der Waals surface area (Å²) in [5, 5.41) is 4.13. The molecule has 1 saturated heterocycles. The fraction of sp³-hybridized carbons (Fsp3) is 0.409. The van der Waals surface area contributed by atoms with Crippen molar-refractivity contribution in [2.24, 2.45) is 5.92 Å². The Balaban J connectivity index is 1.34. The minimum atomic E-state index is 0.0565. The van der Waals surface area contributed by atoms with Crippen LogP contribution in [0.15, 0.2) is 42.5 Å². The average molecular weight is 437 g/mol. The van der Waals surface area contributed by atoms with Crippen LogP contribution in [-0.2, 0) is 11.3 Å². The summed E-state index contributed by atoms with van der Waals surface area (Å²) < 4.78 is 10.8. The van der Waals surface area contributed by atoms with Crippen molar-refractivity contribution < 1.29 is 14.3 Å². The zero-order chi connectivity index (χ0) is 20.6. The van der Waals surface area contributed by atoms with Gasteiger partial charge in [-0.1, -0.05) is 29.3 Å². The molecule has 1 heterocycles. The van der Waals surface area contributed by atoms with Gasteiger partial charge in [0.1, 0.15) is 18.1 Å². The van der Waals surface area contributed by atoms with Crippen LogP contribution in [0.1, 0.15) is 18.4 Å². The molecule has 7 heteroatoms. The van der Waals surface area contributed by atoms with Gasteiger partial charge in [-0.05, 0) is 67.9 Å². The summed E-state index contributed by atoms with van der Waals surface area (Å²) in [5.41, 5.74) is 1.14. The van der Waals surface area contributed by atoms with Crippen molar-refractivity contribution in [3.8, 4) is 11.5 Å². The van der Waals surface area contributed by atoms with Gasteiger partial charge in [0.15, 0.2) is 0 Å². The summed E-state index contributed by atoms with van der Waals surface area (Å²) in [5.74, 6) is 1.71. The summed E-state index contributed by atoms with van der Waals surface area (Å²) in [6.45, 7) is 3.53. The maximum Gasteiger partial charge on any atom is 0.223 e. The molecule has 1 aliphatic heterocycles. The van der Waals surface area contributed by atoms with Crippen molar-refractivity contribution in [1.29, 1.82) is 0 Å². The van der Waals surface area contributed by atoms with Gasteiger partial charge >= 0.3 is 0 Å². The molecule has 1 amide bonds. The number of hydrogen-bond donors (Lipinski definition) is 1. The molecular formula is C22H26Cl2N2O3. The predicted octanol–water partition coefficient (Wildman–Crippen LogP) is 4.41. The molecule has 0 saturated carbocycles. The molecule has 0 aliphatic carbocycles. The van der Waals surface area contributed by atoms with Crippen LogP contribution < -0.4 is 14.8 Å². The van der Waals surface area contributed by atoms with Gasteiger partial charge in [-0.15, -0.1) is 0 Å². The molecule has 0 spiro atoms. The molecular weight excluding hydrogens is 411 g/mol. The smallest absolute Gasteiger partial charge is 0.223 e. The van der Waals surface area contributed by atoms with E-state index in [9.17, 15) is 4.79 Å². The minimum absolute atomic E-state index is 0.0565. The zero-order valence-electron chi connectivity index (χ0n) is 16.5. The van der Waals surface area contributed by atoms with Gasteiger partial charge in [0.25, 0.3) is 0 Å². The van der Waals surface area contributed by atoms with E-state index in [-0.39, 0.29) is 11.8 Å². The van der Waals surface area contributed by atoms with Gasteiger partial charge in [-0.25, -0.2) is 0 Å². The molecule has 3 rings (SSSR count). The van der Waals surface area contributed by atoms with Crippen LogP contribution in [0.25, 0.3) is 0 Å². The predicted molar refractivity (Wildman–Crippen MR) is 116 cm³/mol. The second kappa shape index (κ2) is 10.7. The largest absolute Gasteiger partial charge is 0.497 e. The van der Waals surface area contributed by atoms with E-state index in [1.165, 1.54) is 0 Å². The quantitative estimate of drug-likeness (QED) is 0.622. The number of nitrogens with one attached hydrogen (secondary N) is 1. The third kappa shape index (κ3) is 6.53. The van der Waals surface area contributed by atoms with Crippen molar-refractivity contribution in [1.82, 2.24) is 10.2 Å². The lowest BCUT2D eigenvalue weighted by atomic mass is 9.95. The van der Waals surface area contributed by atoms with E-state index in [1.807, 2.05) is 42.5 Å². The molecule has 1 aliphatic rings. The number of likely N-dealkylation sites (tertiary alicyclic amines) is 1. The third-order valence-electron chi connectivity index (χ3n) is 5.08.